The molecule has 0 aromatic heterocycles. The minimum absolute atomic E-state index is 0.00340. The van der Waals surface area contributed by atoms with Crippen molar-refractivity contribution in [3.63, 3.8) is 0 Å². The minimum Gasteiger partial charge on any atom is -0.496 e. The Morgan fingerprint density at radius 1 is 1.23 bits per heavy atom. The SMILES string of the molecule is COc1ccccc1C1CNCCN1CC(=O)NC(C)c1ccccc1. The van der Waals surface area contributed by atoms with Crippen molar-refractivity contribution in [1.82, 2.24) is 15.5 Å². The largest absolute Gasteiger partial charge is 0.496 e. The molecule has 2 unspecified atom stereocenters. The highest BCUT2D eigenvalue weighted by Crippen LogP contribution is 2.29. The first kappa shape index (κ1) is 18.4. The van der Waals surface area contributed by atoms with Gasteiger partial charge < -0.3 is 15.4 Å². The van der Waals surface area contributed by atoms with E-state index in [9.17, 15) is 4.79 Å². The van der Waals surface area contributed by atoms with Crippen molar-refractivity contribution in [1.29, 1.82) is 0 Å². The van der Waals surface area contributed by atoms with Gasteiger partial charge in [0.1, 0.15) is 5.75 Å². The number of para-hydroxylation sites is 1. The van der Waals surface area contributed by atoms with E-state index in [4.69, 9.17) is 4.74 Å². The van der Waals surface area contributed by atoms with Crippen LogP contribution in [0.25, 0.3) is 0 Å². The fourth-order valence-electron chi connectivity index (χ4n) is 3.48. The number of piperazine rings is 1. The third kappa shape index (κ3) is 4.42. The highest BCUT2D eigenvalue weighted by Gasteiger charge is 2.27. The van der Waals surface area contributed by atoms with Gasteiger partial charge in [-0.3, -0.25) is 9.69 Å². The molecule has 3 rings (SSSR count). The zero-order chi connectivity index (χ0) is 18.4. The number of ether oxygens (including phenoxy) is 1. The molecule has 1 fully saturated rings. The summed E-state index contributed by atoms with van der Waals surface area (Å²) >= 11 is 0. The summed E-state index contributed by atoms with van der Waals surface area (Å²) in [5, 5.41) is 6.54. The molecule has 2 N–H and O–H groups in total. The lowest BCUT2D eigenvalue weighted by molar-refractivity contribution is -0.123. The van der Waals surface area contributed by atoms with Crippen LogP contribution in [0.5, 0.6) is 5.75 Å². The summed E-state index contributed by atoms with van der Waals surface area (Å²) in [5.41, 5.74) is 2.23. The van der Waals surface area contributed by atoms with Gasteiger partial charge in [-0.1, -0.05) is 48.5 Å². The normalized spacial score (nSPS) is 18.9. The molecule has 0 aliphatic carbocycles. The molecule has 1 amide bonds. The van der Waals surface area contributed by atoms with Gasteiger partial charge >= 0.3 is 0 Å². The number of hydrogen-bond acceptors (Lipinski definition) is 4. The smallest absolute Gasteiger partial charge is 0.234 e. The van der Waals surface area contributed by atoms with Crippen LogP contribution in [0.4, 0.5) is 0 Å². The number of nitrogens with zero attached hydrogens (tertiary/aromatic N) is 1. The van der Waals surface area contributed by atoms with Crippen molar-refractivity contribution in [3.8, 4) is 5.75 Å². The lowest BCUT2D eigenvalue weighted by Crippen LogP contribution is -2.49. The van der Waals surface area contributed by atoms with Gasteiger partial charge in [0, 0.05) is 25.2 Å². The molecule has 0 radical (unpaired) electrons. The molecule has 5 heteroatoms. The van der Waals surface area contributed by atoms with Crippen LogP contribution in [0.2, 0.25) is 0 Å². The first-order valence-corrected chi connectivity index (χ1v) is 9.11. The minimum atomic E-state index is -0.00340. The van der Waals surface area contributed by atoms with Gasteiger partial charge in [-0.05, 0) is 18.6 Å². The predicted octanol–water partition coefficient (Wildman–Crippen LogP) is 2.52. The first-order chi connectivity index (χ1) is 12.7. The number of carbonyl (C=O) groups is 1. The molecule has 5 nitrogen and oxygen atoms in total. The van der Waals surface area contributed by atoms with E-state index in [0.717, 1.165) is 36.5 Å². The molecule has 138 valence electrons. The number of carbonyl (C=O) groups excluding carboxylic acids is 1. The van der Waals surface area contributed by atoms with Gasteiger partial charge in [-0.2, -0.15) is 0 Å². The zero-order valence-corrected chi connectivity index (χ0v) is 15.4. The number of hydrogen-bond donors (Lipinski definition) is 2. The van der Waals surface area contributed by atoms with Crippen LogP contribution in [0, 0.1) is 0 Å². The summed E-state index contributed by atoms with van der Waals surface area (Å²) in [7, 11) is 1.69. The van der Waals surface area contributed by atoms with Crippen LogP contribution in [-0.2, 0) is 4.79 Å². The van der Waals surface area contributed by atoms with E-state index < -0.39 is 0 Å². The second-order valence-electron chi connectivity index (χ2n) is 6.63. The summed E-state index contributed by atoms with van der Waals surface area (Å²) in [4.78, 5) is 14.8. The van der Waals surface area contributed by atoms with Crippen LogP contribution >= 0.6 is 0 Å². The number of rotatable bonds is 6. The molecular formula is C21H27N3O2. The Morgan fingerprint density at radius 3 is 2.73 bits per heavy atom. The Kier molecular flexibility index (Phi) is 6.26. The molecule has 0 bridgehead atoms. The summed E-state index contributed by atoms with van der Waals surface area (Å²) in [6, 6.07) is 18.2. The number of methoxy groups -OCH3 is 1. The summed E-state index contributed by atoms with van der Waals surface area (Å²) in [6.45, 7) is 4.91. The fourth-order valence-corrected chi connectivity index (χ4v) is 3.48. The molecule has 2 aromatic carbocycles. The Bertz CT molecular complexity index is 720. The second-order valence-corrected chi connectivity index (χ2v) is 6.63. The maximum absolute atomic E-state index is 12.6. The van der Waals surface area contributed by atoms with Gasteiger partial charge in [0.05, 0.1) is 25.7 Å². The van der Waals surface area contributed by atoms with E-state index >= 15 is 0 Å². The van der Waals surface area contributed by atoms with Gasteiger partial charge in [-0.25, -0.2) is 0 Å². The Balaban J connectivity index is 1.67. The van der Waals surface area contributed by atoms with Crippen molar-refractivity contribution in [2.45, 2.75) is 19.0 Å². The second kappa shape index (κ2) is 8.83. The average molecular weight is 353 g/mol. The van der Waals surface area contributed by atoms with E-state index in [1.807, 2.05) is 55.5 Å². The van der Waals surface area contributed by atoms with Gasteiger partial charge in [0.15, 0.2) is 0 Å². The molecule has 26 heavy (non-hydrogen) atoms. The van der Waals surface area contributed by atoms with E-state index in [1.54, 1.807) is 7.11 Å². The van der Waals surface area contributed by atoms with Crippen LogP contribution in [0.3, 0.4) is 0 Å². The quantitative estimate of drug-likeness (QED) is 0.838. The van der Waals surface area contributed by atoms with Crippen molar-refractivity contribution < 1.29 is 9.53 Å². The van der Waals surface area contributed by atoms with Gasteiger partial charge in [0.25, 0.3) is 0 Å². The summed E-state index contributed by atoms with van der Waals surface area (Å²) in [5.74, 6) is 0.910. The third-order valence-electron chi connectivity index (χ3n) is 4.88. The molecule has 2 aromatic rings. The number of amides is 1. The standard InChI is InChI=1S/C21H27N3O2/c1-16(17-8-4-3-5-9-17)23-21(25)15-24-13-12-22-14-19(24)18-10-6-7-11-20(18)26-2/h3-11,16,19,22H,12-15H2,1-2H3,(H,23,25). The lowest BCUT2D eigenvalue weighted by Gasteiger charge is -2.36. The maximum atomic E-state index is 12.6. The van der Waals surface area contributed by atoms with Crippen molar-refractivity contribution >= 4 is 5.91 Å². The topological polar surface area (TPSA) is 53.6 Å². The Hall–Kier alpha value is -2.37. The monoisotopic (exact) mass is 353 g/mol. The van der Waals surface area contributed by atoms with Crippen LogP contribution in [0.15, 0.2) is 54.6 Å². The number of nitrogens with one attached hydrogen (secondary N) is 2. The molecule has 0 spiro atoms. The van der Waals surface area contributed by atoms with Gasteiger partial charge in [-0.15, -0.1) is 0 Å². The zero-order valence-electron chi connectivity index (χ0n) is 15.4. The molecule has 1 heterocycles. The van der Waals surface area contributed by atoms with Crippen LogP contribution in [0.1, 0.15) is 30.1 Å². The van der Waals surface area contributed by atoms with Crippen LogP contribution < -0.4 is 15.4 Å². The lowest BCUT2D eigenvalue weighted by atomic mass is 10.0. The highest BCUT2D eigenvalue weighted by molar-refractivity contribution is 5.78. The maximum Gasteiger partial charge on any atom is 0.234 e. The van der Waals surface area contributed by atoms with Gasteiger partial charge in [0.2, 0.25) is 5.91 Å². The van der Waals surface area contributed by atoms with E-state index in [0.29, 0.717) is 6.54 Å². The van der Waals surface area contributed by atoms with Crippen molar-refractivity contribution in [3.05, 3.63) is 65.7 Å². The Labute approximate surface area is 155 Å². The number of benzene rings is 2. The molecular weight excluding hydrogens is 326 g/mol. The molecule has 2 atom stereocenters. The highest BCUT2D eigenvalue weighted by atomic mass is 16.5. The van der Waals surface area contributed by atoms with Crippen molar-refractivity contribution in [2.24, 2.45) is 0 Å². The van der Waals surface area contributed by atoms with E-state index in [2.05, 4.69) is 21.6 Å². The average Bonchev–Trinajstić information content (AvgIpc) is 2.69. The Morgan fingerprint density at radius 2 is 1.96 bits per heavy atom. The predicted molar refractivity (Wildman–Crippen MR) is 103 cm³/mol. The fraction of sp³-hybridized carbons (Fsp3) is 0.381. The summed E-state index contributed by atoms with van der Waals surface area (Å²) in [6.07, 6.45) is 0. The molecule has 0 saturated carbocycles. The third-order valence-corrected chi connectivity index (χ3v) is 4.88. The molecule has 1 saturated heterocycles. The summed E-state index contributed by atoms with van der Waals surface area (Å²) < 4.78 is 5.52. The molecule has 1 aliphatic rings. The molecule has 1 aliphatic heterocycles. The first-order valence-electron chi connectivity index (χ1n) is 9.11. The van der Waals surface area contributed by atoms with E-state index in [-0.39, 0.29) is 18.0 Å². The van der Waals surface area contributed by atoms with Crippen LogP contribution in [-0.4, -0.2) is 44.1 Å². The van der Waals surface area contributed by atoms with E-state index in [1.165, 1.54) is 0 Å². The van der Waals surface area contributed by atoms with Crippen molar-refractivity contribution in [2.75, 3.05) is 33.3 Å².